The fraction of sp³-hybridized carbons (Fsp3) is 0.467. The smallest absolute Gasteiger partial charge is 0.320 e. The number of urea groups is 1. The lowest BCUT2D eigenvalue weighted by atomic mass is 9.97. The van der Waals surface area contributed by atoms with E-state index in [2.05, 4.69) is 0 Å². The number of benzene rings is 1. The second-order valence-electron chi connectivity index (χ2n) is 5.15. The first kappa shape index (κ1) is 14.4. The molecule has 0 bridgehead atoms. The van der Waals surface area contributed by atoms with Crippen LogP contribution < -0.4 is 0 Å². The molecule has 5 heteroatoms. The summed E-state index contributed by atoms with van der Waals surface area (Å²) in [5, 5.41) is 8.71. The van der Waals surface area contributed by atoms with Gasteiger partial charge in [0.2, 0.25) is 0 Å². The van der Waals surface area contributed by atoms with E-state index in [4.69, 9.17) is 5.11 Å². The van der Waals surface area contributed by atoms with Crippen LogP contribution in [0.15, 0.2) is 30.3 Å². The molecule has 0 saturated carbocycles. The van der Waals surface area contributed by atoms with Gasteiger partial charge in [0, 0.05) is 32.1 Å². The van der Waals surface area contributed by atoms with Crippen molar-refractivity contribution in [1.82, 2.24) is 9.80 Å². The Labute approximate surface area is 118 Å². The van der Waals surface area contributed by atoms with Crippen LogP contribution in [0.4, 0.5) is 4.79 Å². The van der Waals surface area contributed by atoms with E-state index < -0.39 is 5.97 Å². The Kier molecular flexibility index (Phi) is 4.61. The summed E-state index contributed by atoms with van der Waals surface area (Å²) in [5.74, 6) is -0.689. The lowest BCUT2D eigenvalue weighted by molar-refractivity contribution is -0.139. The van der Waals surface area contributed by atoms with Crippen LogP contribution in [0.3, 0.4) is 0 Å². The van der Waals surface area contributed by atoms with Crippen LogP contribution in [0.1, 0.15) is 18.9 Å². The molecular weight excluding hydrogens is 256 g/mol. The van der Waals surface area contributed by atoms with Gasteiger partial charge < -0.3 is 14.9 Å². The van der Waals surface area contributed by atoms with Gasteiger partial charge in [-0.1, -0.05) is 30.3 Å². The third kappa shape index (κ3) is 3.50. The zero-order valence-corrected chi connectivity index (χ0v) is 11.7. The summed E-state index contributed by atoms with van der Waals surface area (Å²) in [4.78, 5) is 26.4. The Bertz CT molecular complexity index is 469. The van der Waals surface area contributed by atoms with Gasteiger partial charge in [-0.15, -0.1) is 0 Å². The number of carboxylic acid groups (broad SMARTS) is 1. The van der Waals surface area contributed by atoms with Gasteiger partial charge in [-0.25, -0.2) is 4.79 Å². The topological polar surface area (TPSA) is 60.9 Å². The number of nitrogens with zero attached hydrogens (tertiary/aromatic N) is 2. The number of hydrogen-bond donors (Lipinski definition) is 1. The molecule has 0 spiro atoms. The summed E-state index contributed by atoms with van der Waals surface area (Å²) in [6, 6.07) is 9.87. The predicted molar refractivity (Wildman–Crippen MR) is 75.2 cm³/mol. The largest absolute Gasteiger partial charge is 0.481 e. The van der Waals surface area contributed by atoms with Gasteiger partial charge in [-0.3, -0.25) is 4.79 Å². The van der Waals surface area contributed by atoms with Crippen LogP contribution in [0.2, 0.25) is 0 Å². The molecule has 20 heavy (non-hydrogen) atoms. The first-order valence-corrected chi connectivity index (χ1v) is 6.89. The van der Waals surface area contributed by atoms with Crippen molar-refractivity contribution in [2.75, 3.05) is 19.6 Å². The van der Waals surface area contributed by atoms with Crippen LogP contribution in [0, 0.1) is 5.92 Å². The number of carboxylic acids is 1. The molecule has 0 aliphatic carbocycles. The Balaban J connectivity index is 1.86. The second kappa shape index (κ2) is 6.41. The van der Waals surface area contributed by atoms with Gasteiger partial charge in [-0.05, 0) is 12.5 Å². The minimum absolute atomic E-state index is 0.00186. The van der Waals surface area contributed by atoms with E-state index in [9.17, 15) is 9.59 Å². The van der Waals surface area contributed by atoms with Crippen molar-refractivity contribution in [2.24, 2.45) is 5.92 Å². The van der Waals surface area contributed by atoms with E-state index >= 15 is 0 Å². The molecule has 1 N–H and O–H groups in total. The summed E-state index contributed by atoms with van der Waals surface area (Å²) >= 11 is 0. The Hall–Kier alpha value is -2.04. The second-order valence-corrected chi connectivity index (χ2v) is 5.15. The molecule has 1 fully saturated rings. The number of carbonyl (C=O) groups is 2. The quantitative estimate of drug-likeness (QED) is 0.895. The minimum atomic E-state index is -0.793. The fourth-order valence-electron chi connectivity index (χ4n) is 2.42. The Morgan fingerprint density at radius 1 is 1.30 bits per heavy atom. The molecule has 1 saturated heterocycles. The minimum Gasteiger partial charge on any atom is -0.481 e. The van der Waals surface area contributed by atoms with Gasteiger partial charge in [0.1, 0.15) is 0 Å². The fourth-order valence-corrected chi connectivity index (χ4v) is 2.42. The maximum absolute atomic E-state index is 12.3. The molecule has 1 heterocycles. The highest BCUT2D eigenvalue weighted by molar-refractivity contribution is 5.76. The van der Waals surface area contributed by atoms with Crippen LogP contribution >= 0.6 is 0 Å². The monoisotopic (exact) mass is 276 g/mol. The highest BCUT2D eigenvalue weighted by Gasteiger charge is 2.33. The van der Waals surface area contributed by atoms with Gasteiger partial charge in [0.25, 0.3) is 0 Å². The highest BCUT2D eigenvalue weighted by atomic mass is 16.4. The van der Waals surface area contributed by atoms with E-state index in [1.807, 2.05) is 37.3 Å². The summed E-state index contributed by atoms with van der Waals surface area (Å²) in [6.07, 6.45) is 0.147. The molecule has 1 aromatic carbocycles. The van der Waals surface area contributed by atoms with E-state index in [1.165, 1.54) is 0 Å². The van der Waals surface area contributed by atoms with E-state index in [1.54, 1.807) is 9.80 Å². The molecular formula is C15H20N2O3. The van der Waals surface area contributed by atoms with Crippen LogP contribution in [0.5, 0.6) is 0 Å². The first-order valence-electron chi connectivity index (χ1n) is 6.89. The van der Waals surface area contributed by atoms with Crippen molar-refractivity contribution in [2.45, 2.75) is 19.9 Å². The van der Waals surface area contributed by atoms with Crippen molar-refractivity contribution in [1.29, 1.82) is 0 Å². The molecule has 108 valence electrons. The van der Waals surface area contributed by atoms with E-state index in [0.29, 0.717) is 26.2 Å². The molecule has 1 aliphatic heterocycles. The maximum atomic E-state index is 12.3. The molecule has 5 nitrogen and oxygen atoms in total. The van der Waals surface area contributed by atoms with Gasteiger partial charge in [-0.2, -0.15) is 0 Å². The molecule has 0 radical (unpaired) electrons. The molecule has 2 amide bonds. The average molecular weight is 276 g/mol. The van der Waals surface area contributed by atoms with E-state index in [0.717, 1.165) is 5.56 Å². The SMILES string of the molecule is CCN(Cc1ccccc1)C(=O)N1CC(CC(=O)O)C1. The molecule has 0 atom stereocenters. The van der Waals surface area contributed by atoms with Crippen LogP contribution in [0.25, 0.3) is 0 Å². The average Bonchev–Trinajstić information content (AvgIpc) is 2.40. The first-order chi connectivity index (χ1) is 9.60. The molecule has 0 aromatic heterocycles. The number of rotatable bonds is 5. The van der Waals surface area contributed by atoms with Crippen LogP contribution in [-0.4, -0.2) is 46.5 Å². The van der Waals surface area contributed by atoms with Gasteiger partial charge in [0.05, 0.1) is 6.42 Å². The van der Waals surface area contributed by atoms with Crippen molar-refractivity contribution in [3.05, 3.63) is 35.9 Å². The van der Waals surface area contributed by atoms with Crippen molar-refractivity contribution in [3.63, 3.8) is 0 Å². The van der Waals surface area contributed by atoms with Gasteiger partial charge >= 0.3 is 12.0 Å². The number of amides is 2. The molecule has 0 unspecified atom stereocenters. The number of hydrogen-bond acceptors (Lipinski definition) is 2. The zero-order valence-electron chi connectivity index (χ0n) is 11.7. The van der Waals surface area contributed by atoms with Crippen molar-refractivity contribution in [3.8, 4) is 0 Å². The predicted octanol–water partition coefficient (Wildman–Crippen LogP) is 2.04. The normalized spacial score (nSPS) is 14.8. The Morgan fingerprint density at radius 2 is 1.95 bits per heavy atom. The van der Waals surface area contributed by atoms with Crippen molar-refractivity contribution >= 4 is 12.0 Å². The third-order valence-electron chi connectivity index (χ3n) is 3.56. The maximum Gasteiger partial charge on any atom is 0.320 e. The van der Waals surface area contributed by atoms with Crippen molar-refractivity contribution < 1.29 is 14.7 Å². The summed E-state index contributed by atoms with van der Waals surface area (Å²) in [7, 11) is 0. The third-order valence-corrected chi connectivity index (χ3v) is 3.56. The summed E-state index contributed by atoms with van der Waals surface area (Å²) in [5.41, 5.74) is 1.10. The van der Waals surface area contributed by atoms with Gasteiger partial charge in [0.15, 0.2) is 0 Å². The van der Waals surface area contributed by atoms with Crippen LogP contribution in [-0.2, 0) is 11.3 Å². The number of aliphatic carboxylic acids is 1. The highest BCUT2D eigenvalue weighted by Crippen LogP contribution is 2.21. The molecule has 1 aliphatic rings. The molecule has 2 rings (SSSR count). The van der Waals surface area contributed by atoms with E-state index in [-0.39, 0.29) is 18.4 Å². The number of likely N-dealkylation sites (tertiary alicyclic amines) is 1. The number of carbonyl (C=O) groups excluding carboxylic acids is 1. The summed E-state index contributed by atoms with van der Waals surface area (Å²) in [6.45, 7) is 4.30. The lowest BCUT2D eigenvalue weighted by Gasteiger charge is -2.41. The lowest BCUT2D eigenvalue weighted by Crippen LogP contribution is -2.55. The molecule has 1 aromatic rings. The summed E-state index contributed by atoms with van der Waals surface area (Å²) < 4.78 is 0. The standard InChI is InChI=1S/C15H20N2O3/c1-2-16(9-12-6-4-3-5-7-12)15(20)17-10-13(11-17)8-14(18)19/h3-7,13H,2,8-11H2,1H3,(H,18,19). The zero-order chi connectivity index (χ0) is 14.5. The Morgan fingerprint density at radius 3 is 2.50 bits per heavy atom.